The second-order valence-electron chi connectivity index (χ2n) is 21.4. The van der Waals surface area contributed by atoms with Crippen molar-refractivity contribution < 1.29 is 67.9 Å². The number of aromatic nitrogens is 3. The maximum atomic E-state index is 14.7. The van der Waals surface area contributed by atoms with Gasteiger partial charge in [-0.25, -0.2) is 9.07 Å². The Kier molecular flexibility index (Phi) is 21.2. The van der Waals surface area contributed by atoms with Crippen LogP contribution in [0, 0.1) is 11.8 Å². The van der Waals surface area contributed by atoms with Gasteiger partial charge in [-0.1, -0.05) is 43.3 Å². The summed E-state index contributed by atoms with van der Waals surface area (Å²) in [6.07, 6.45) is -7.87. The number of rotatable bonds is 16. The Morgan fingerprint density at radius 2 is 1.66 bits per heavy atom. The molecule has 0 spiro atoms. The van der Waals surface area contributed by atoms with Crippen LogP contribution in [0.4, 0.5) is 4.39 Å². The highest BCUT2D eigenvalue weighted by Crippen LogP contribution is 2.39. The van der Waals surface area contributed by atoms with Gasteiger partial charge in [-0.2, -0.15) is 0 Å². The minimum absolute atomic E-state index is 0.0924. The van der Waals surface area contributed by atoms with Gasteiger partial charge in [0.15, 0.2) is 12.6 Å². The van der Waals surface area contributed by atoms with Crippen LogP contribution in [0.15, 0.2) is 30.5 Å². The highest BCUT2D eigenvalue weighted by Gasteiger charge is 2.51. The zero-order valence-electron chi connectivity index (χ0n) is 44.2. The summed E-state index contributed by atoms with van der Waals surface area (Å²) in [6.45, 7) is 15.7. The van der Waals surface area contributed by atoms with Gasteiger partial charge in [0.1, 0.15) is 48.8 Å². The minimum Gasteiger partial charge on any atom is -0.459 e. The molecule has 3 aliphatic heterocycles. The number of benzene rings is 1. The van der Waals surface area contributed by atoms with Gasteiger partial charge in [0, 0.05) is 70.7 Å². The summed E-state index contributed by atoms with van der Waals surface area (Å²) >= 11 is 5.99. The zero-order chi connectivity index (χ0) is 52.7. The molecule has 18 nitrogen and oxygen atoms in total. The number of hydrogen-bond acceptors (Lipinski definition) is 17. The van der Waals surface area contributed by atoms with Crippen molar-refractivity contribution in [2.24, 2.45) is 11.8 Å². The van der Waals surface area contributed by atoms with Gasteiger partial charge in [0.2, 0.25) is 0 Å². The molecule has 20 heteroatoms. The van der Waals surface area contributed by atoms with E-state index in [9.17, 15) is 34.7 Å². The topological polar surface area (TPSA) is 220 Å². The van der Waals surface area contributed by atoms with Crippen LogP contribution in [-0.2, 0) is 50.3 Å². The van der Waals surface area contributed by atoms with Gasteiger partial charge in [-0.05, 0) is 98.9 Å². The first-order valence-electron chi connectivity index (χ1n) is 25.2. The van der Waals surface area contributed by atoms with Gasteiger partial charge < -0.3 is 68.5 Å². The van der Waals surface area contributed by atoms with Crippen LogP contribution in [0.25, 0.3) is 0 Å². The number of carbonyl (C=O) groups excluding carboxylic acids is 1. The molecule has 3 fully saturated rings. The summed E-state index contributed by atoms with van der Waals surface area (Å²) in [5.41, 5.74) is -2.21. The minimum atomic E-state index is -1.84. The monoisotopic (exact) mass is 1030 g/mol. The Bertz CT molecular complexity index is 1950. The fourth-order valence-electron chi connectivity index (χ4n) is 10.7. The third-order valence-electron chi connectivity index (χ3n) is 15.6. The van der Waals surface area contributed by atoms with E-state index in [1.807, 2.05) is 62.0 Å². The third kappa shape index (κ3) is 14.3. The first-order valence-corrected chi connectivity index (χ1v) is 25.8. The number of esters is 1. The van der Waals surface area contributed by atoms with E-state index in [0.717, 1.165) is 11.1 Å². The average Bonchev–Trinajstić information content (AvgIpc) is 3.80. The van der Waals surface area contributed by atoms with Crippen LogP contribution in [0.5, 0.6) is 0 Å². The number of likely N-dealkylation sites (N-methyl/N-ethyl adjacent to an activating group) is 2. The van der Waals surface area contributed by atoms with E-state index in [-0.39, 0.29) is 31.6 Å². The lowest BCUT2D eigenvalue weighted by atomic mass is 9.83. The van der Waals surface area contributed by atoms with E-state index in [0.29, 0.717) is 37.5 Å². The largest absolute Gasteiger partial charge is 0.459 e. The Morgan fingerprint density at radius 1 is 0.986 bits per heavy atom. The fourth-order valence-corrected chi connectivity index (χ4v) is 10.9. The predicted molar refractivity (Wildman–Crippen MR) is 263 cm³/mol. The predicted octanol–water partition coefficient (Wildman–Crippen LogP) is 4.50. The van der Waals surface area contributed by atoms with Gasteiger partial charge in [0.05, 0.1) is 47.2 Å². The molecular weight excluding hydrogens is 945 g/mol. The highest BCUT2D eigenvalue weighted by molar-refractivity contribution is 6.17. The van der Waals surface area contributed by atoms with E-state index in [4.69, 9.17) is 44.8 Å². The normalized spacial score (nSPS) is 39.4. The lowest BCUT2D eigenvalue weighted by Gasteiger charge is -2.47. The first kappa shape index (κ1) is 59.4. The molecule has 1 aromatic carbocycles. The molecule has 1 aromatic heterocycles. The lowest BCUT2D eigenvalue weighted by Crippen LogP contribution is -2.59. The maximum Gasteiger partial charge on any atom is 0.311 e. The number of nitrogens with zero attached hydrogens (tertiary/aromatic N) is 5. The van der Waals surface area contributed by atoms with Crippen molar-refractivity contribution >= 4 is 17.6 Å². The second kappa shape index (κ2) is 25.4. The number of methoxy groups -OCH3 is 2. The third-order valence-corrected chi connectivity index (χ3v) is 15.9. The Labute approximate surface area is 425 Å². The fraction of sp³-hybridized carbons (Fsp3) is 0.824. The molecular formula is C51H85ClFN5O13. The maximum absolute atomic E-state index is 14.7. The quantitative estimate of drug-likeness (QED) is 0.116. The van der Waals surface area contributed by atoms with Crippen molar-refractivity contribution in [1.29, 1.82) is 0 Å². The molecule has 406 valence electrons. The summed E-state index contributed by atoms with van der Waals surface area (Å²) in [5, 5.41) is 68.0. The van der Waals surface area contributed by atoms with E-state index in [1.165, 1.54) is 25.8 Å². The van der Waals surface area contributed by atoms with Gasteiger partial charge in [-0.15, -0.1) is 16.7 Å². The van der Waals surface area contributed by atoms with Crippen LogP contribution in [0.3, 0.4) is 0 Å². The second-order valence-corrected chi connectivity index (χ2v) is 21.7. The summed E-state index contributed by atoms with van der Waals surface area (Å²) in [5.74, 6) is -1.63. The number of halogens is 2. The lowest BCUT2D eigenvalue weighted by molar-refractivity contribution is -0.308. The molecule has 0 saturated carbocycles. The Balaban J connectivity index is 1.42. The first-order chi connectivity index (χ1) is 33.3. The molecule has 5 N–H and O–H groups in total. The molecule has 5 rings (SSSR count). The van der Waals surface area contributed by atoms with Crippen molar-refractivity contribution in [2.45, 2.75) is 209 Å². The average molecular weight is 1030 g/mol. The van der Waals surface area contributed by atoms with Crippen molar-refractivity contribution in [1.82, 2.24) is 24.8 Å². The van der Waals surface area contributed by atoms with Crippen molar-refractivity contribution in [3.05, 3.63) is 47.3 Å². The number of ether oxygens (including phenoxy) is 7. The van der Waals surface area contributed by atoms with Crippen LogP contribution in [0.1, 0.15) is 123 Å². The van der Waals surface area contributed by atoms with E-state index < -0.39 is 121 Å². The van der Waals surface area contributed by atoms with Gasteiger partial charge >= 0.3 is 5.97 Å². The van der Waals surface area contributed by atoms with Gasteiger partial charge in [0.25, 0.3) is 0 Å². The number of aliphatic hydroxyl groups excluding tert-OH is 3. The smallest absolute Gasteiger partial charge is 0.311 e. The molecule has 71 heavy (non-hydrogen) atoms. The number of cyclic esters (lactones) is 1. The molecule has 0 bridgehead atoms. The van der Waals surface area contributed by atoms with Crippen molar-refractivity contribution in [3.8, 4) is 0 Å². The van der Waals surface area contributed by atoms with Crippen LogP contribution >= 0.6 is 11.6 Å². The SMILES string of the molecule is CC[C@H]1OC(=O)[C@H](C)[C@@H](O[C@H]2C[C@@](C)(OC)[C@@H](O)[C@H](C)O2)C[C@@H](O[C@@H]2O[C@H](C)C[C@H](N(C)CCc3cn([C@H](CF)[C@H](OC)c4ccc(CCl)cc4)nn3)[C@H]2O)[C@](C)(O)C[C@@H](C)CN(C)[C@H](C)[C@@H](O)[C@]1(C)O. The molecule has 4 heterocycles. The summed E-state index contributed by atoms with van der Waals surface area (Å²) in [6, 6.07) is 5.66. The number of alkyl halides is 2. The summed E-state index contributed by atoms with van der Waals surface area (Å²) in [7, 11) is 6.73. The Hall–Kier alpha value is -2.47. The molecule has 2 aromatic rings. The molecule has 0 unspecified atom stereocenters. The number of aliphatic hydroxyl groups is 5. The van der Waals surface area contributed by atoms with Gasteiger partial charge in [-0.3, -0.25) is 4.79 Å². The molecule has 3 saturated heterocycles. The molecule has 0 aliphatic carbocycles. The number of carbonyl (C=O) groups is 1. The Morgan fingerprint density at radius 3 is 2.27 bits per heavy atom. The van der Waals surface area contributed by atoms with Crippen LogP contribution < -0.4 is 0 Å². The number of hydrogen-bond donors (Lipinski definition) is 5. The molecule has 0 radical (unpaired) electrons. The summed E-state index contributed by atoms with van der Waals surface area (Å²) < 4.78 is 59.8. The van der Waals surface area contributed by atoms with Crippen molar-refractivity contribution in [2.75, 3.05) is 48.1 Å². The van der Waals surface area contributed by atoms with E-state index >= 15 is 0 Å². The van der Waals surface area contributed by atoms with E-state index in [1.54, 1.807) is 47.7 Å². The van der Waals surface area contributed by atoms with Crippen LogP contribution in [-0.4, -0.2) is 195 Å². The zero-order valence-corrected chi connectivity index (χ0v) is 44.9. The van der Waals surface area contributed by atoms with E-state index in [2.05, 4.69) is 10.3 Å². The van der Waals surface area contributed by atoms with Crippen LogP contribution in [0.2, 0.25) is 0 Å². The molecule has 0 amide bonds. The summed E-state index contributed by atoms with van der Waals surface area (Å²) in [4.78, 5) is 18.2. The molecule has 19 atom stereocenters. The molecule has 3 aliphatic rings. The standard InChI is InChI=1S/C51H85ClFN5O13/c1-14-40-51(9,64)45(60)32(5)57(11)27-29(2)23-49(7,63)41(22-39(31(4)47(62)70-40)69-42-24-50(8,66-13)46(61)33(6)68-42)71-48-43(59)37(21-30(3)67-48)56(10)20-19-36-28-58(55-54-36)38(26-53)44(65-12)35-17-15-34(25-52)16-18-35/h15-18,28-33,37-46,48,59-61,63-64H,14,19-27H2,1-13H3/t29-,30-,31-,32-,33+,37+,38-,39+,40-,41-,42+,43-,44-,45-,46+,48+,49-,50-,51-/m1/s1. The van der Waals surface area contributed by atoms with Crippen molar-refractivity contribution in [3.63, 3.8) is 0 Å². The highest BCUT2D eigenvalue weighted by atomic mass is 35.5.